The molecule has 0 radical (unpaired) electrons. The van der Waals surface area contributed by atoms with Gasteiger partial charge in [0.1, 0.15) is 10.8 Å². The van der Waals surface area contributed by atoms with Crippen LogP contribution in [0.25, 0.3) is 10.9 Å². The maximum Gasteiger partial charge on any atom is 0.252 e. The number of rotatable bonds is 6. The first-order valence-corrected chi connectivity index (χ1v) is 12.0. The van der Waals surface area contributed by atoms with E-state index in [0.29, 0.717) is 24.0 Å². The van der Waals surface area contributed by atoms with Crippen LogP contribution in [0.2, 0.25) is 0 Å². The van der Waals surface area contributed by atoms with Crippen molar-refractivity contribution >= 4 is 28.6 Å². The van der Waals surface area contributed by atoms with E-state index in [9.17, 15) is 4.79 Å². The predicted molar refractivity (Wildman–Crippen MR) is 127 cm³/mol. The summed E-state index contributed by atoms with van der Waals surface area (Å²) in [6.45, 7) is 7.17. The Bertz CT molecular complexity index is 1050. The number of aromatic nitrogens is 1. The number of nitrogens with zero attached hydrogens (tertiary/aromatic N) is 1. The minimum atomic E-state index is -0.00177. The third kappa shape index (κ3) is 5.04. The standard InChI is InChI=1S/C26H30N2O2S/c1-4-30-19-12-14-20(15-13-19)31-25-16-22(21-9-5-6-10-24(21)27-25)26(29)28-23-11-7-8-17(2)18(23)3/h5-6,9-10,12-18,23H,4,7-8,11H2,1-3H3,(H,28,29)/t17-,18-,23+/m0/s1. The van der Waals surface area contributed by atoms with Crippen molar-refractivity contribution in [1.82, 2.24) is 10.3 Å². The van der Waals surface area contributed by atoms with Crippen molar-refractivity contribution in [2.24, 2.45) is 11.8 Å². The molecule has 1 N–H and O–H groups in total. The number of hydrogen-bond acceptors (Lipinski definition) is 4. The van der Waals surface area contributed by atoms with E-state index in [0.717, 1.165) is 33.0 Å². The molecule has 0 spiro atoms. The Kier molecular flexibility index (Phi) is 6.81. The molecule has 4 rings (SSSR count). The monoisotopic (exact) mass is 434 g/mol. The van der Waals surface area contributed by atoms with Crippen molar-refractivity contribution in [3.8, 4) is 5.75 Å². The molecular weight excluding hydrogens is 404 g/mol. The van der Waals surface area contributed by atoms with Crippen LogP contribution in [0, 0.1) is 11.8 Å². The van der Waals surface area contributed by atoms with E-state index in [1.54, 1.807) is 11.8 Å². The maximum atomic E-state index is 13.3. The van der Waals surface area contributed by atoms with Crippen LogP contribution in [-0.4, -0.2) is 23.5 Å². The van der Waals surface area contributed by atoms with Gasteiger partial charge in [0.25, 0.3) is 5.91 Å². The summed E-state index contributed by atoms with van der Waals surface area (Å²) < 4.78 is 5.53. The number of para-hydroxylation sites is 1. The van der Waals surface area contributed by atoms with Crippen LogP contribution in [0.4, 0.5) is 0 Å². The van der Waals surface area contributed by atoms with Crippen LogP contribution >= 0.6 is 11.8 Å². The van der Waals surface area contributed by atoms with Gasteiger partial charge in [0.2, 0.25) is 0 Å². The molecule has 0 aliphatic heterocycles. The van der Waals surface area contributed by atoms with Crippen LogP contribution in [-0.2, 0) is 0 Å². The average molecular weight is 435 g/mol. The van der Waals surface area contributed by atoms with Crippen LogP contribution in [0.3, 0.4) is 0 Å². The summed E-state index contributed by atoms with van der Waals surface area (Å²) >= 11 is 1.56. The second-order valence-corrected chi connectivity index (χ2v) is 9.47. The van der Waals surface area contributed by atoms with Crippen molar-refractivity contribution in [3.63, 3.8) is 0 Å². The summed E-state index contributed by atoms with van der Waals surface area (Å²) in [5, 5.41) is 5.04. The van der Waals surface area contributed by atoms with Gasteiger partial charge in [-0.1, -0.05) is 56.7 Å². The summed E-state index contributed by atoms with van der Waals surface area (Å²) in [4.78, 5) is 19.2. The molecule has 1 aromatic heterocycles. The molecule has 1 fully saturated rings. The molecule has 31 heavy (non-hydrogen) atoms. The molecule has 2 aromatic carbocycles. The lowest BCUT2D eigenvalue weighted by Gasteiger charge is -2.34. The van der Waals surface area contributed by atoms with Crippen LogP contribution in [0.1, 0.15) is 50.4 Å². The summed E-state index contributed by atoms with van der Waals surface area (Å²) in [6, 6.07) is 18.0. The third-order valence-electron chi connectivity index (χ3n) is 6.32. The molecule has 1 heterocycles. The summed E-state index contributed by atoms with van der Waals surface area (Å²) in [7, 11) is 0. The molecule has 4 nitrogen and oxygen atoms in total. The molecule has 1 aliphatic carbocycles. The number of benzene rings is 2. The van der Waals surface area contributed by atoms with Gasteiger partial charge in [-0.2, -0.15) is 0 Å². The van der Waals surface area contributed by atoms with E-state index in [1.807, 2.05) is 61.5 Å². The van der Waals surface area contributed by atoms with Crippen LogP contribution < -0.4 is 10.1 Å². The number of ether oxygens (including phenoxy) is 1. The molecule has 1 amide bonds. The van der Waals surface area contributed by atoms with E-state index in [4.69, 9.17) is 9.72 Å². The fourth-order valence-electron chi connectivity index (χ4n) is 4.31. The normalized spacial score (nSPS) is 21.1. The molecule has 162 valence electrons. The lowest BCUT2D eigenvalue weighted by molar-refractivity contribution is 0.0892. The zero-order valence-corrected chi connectivity index (χ0v) is 19.2. The number of pyridine rings is 1. The highest BCUT2D eigenvalue weighted by atomic mass is 32.2. The maximum absolute atomic E-state index is 13.3. The number of fused-ring (bicyclic) bond motifs is 1. The third-order valence-corrected chi connectivity index (χ3v) is 7.24. The highest BCUT2D eigenvalue weighted by molar-refractivity contribution is 7.99. The van der Waals surface area contributed by atoms with Gasteiger partial charge >= 0.3 is 0 Å². The minimum absolute atomic E-state index is 0.00177. The molecular formula is C26H30N2O2S. The second-order valence-electron chi connectivity index (χ2n) is 8.38. The van der Waals surface area contributed by atoms with Gasteiger partial charge in [-0.3, -0.25) is 4.79 Å². The van der Waals surface area contributed by atoms with Gasteiger partial charge in [0, 0.05) is 16.3 Å². The van der Waals surface area contributed by atoms with Crippen LogP contribution in [0.15, 0.2) is 64.5 Å². The zero-order chi connectivity index (χ0) is 21.8. The Balaban J connectivity index is 1.61. The number of carbonyl (C=O) groups is 1. The summed E-state index contributed by atoms with van der Waals surface area (Å²) in [6.07, 6.45) is 3.47. The van der Waals surface area contributed by atoms with Gasteiger partial charge in [-0.25, -0.2) is 4.98 Å². The zero-order valence-electron chi connectivity index (χ0n) is 18.4. The molecule has 1 saturated carbocycles. The van der Waals surface area contributed by atoms with Gasteiger partial charge in [-0.15, -0.1) is 0 Å². The first kappa shape index (κ1) is 21.7. The molecule has 3 aromatic rings. The van der Waals surface area contributed by atoms with Gasteiger partial charge in [0.05, 0.1) is 17.7 Å². The summed E-state index contributed by atoms with van der Waals surface area (Å²) in [5.74, 6) is 1.98. The summed E-state index contributed by atoms with van der Waals surface area (Å²) in [5.41, 5.74) is 1.54. The van der Waals surface area contributed by atoms with E-state index in [-0.39, 0.29) is 11.9 Å². The first-order valence-electron chi connectivity index (χ1n) is 11.2. The fourth-order valence-corrected chi connectivity index (χ4v) is 5.15. The molecule has 1 aliphatic rings. The van der Waals surface area contributed by atoms with Crippen LogP contribution in [0.5, 0.6) is 5.75 Å². The number of amides is 1. The van der Waals surface area contributed by atoms with E-state index in [1.165, 1.54) is 12.8 Å². The lowest BCUT2D eigenvalue weighted by Crippen LogP contribution is -2.43. The molecule has 0 bridgehead atoms. The fraction of sp³-hybridized carbons (Fsp3) is 0.385. The highest BCUT2D eigenvalue weighted by Gasteiger charge is 2.29. The molecule has 3 atom stereocenters. The first-order chi connectivity index (χ1) is 15.0. The Morgan fingerprint density at radius 2 is 1.90 bits per heavy atom. The molecule has 0 unspecified atom stereocenters. The number of nitrogens with one attached hydrogen (secondary N) is 1. The Labute approximate surface area is 188 Å². The number of carbonyl (C=O) groups excluding carboxylic acids is 1. The van der Waals surface area contributed by atoms with E-state index < -0.39 is 0 Å². The van der Waals surface area contributed by atoms with Gasteiger partial charge < -0.3 is 10.1 Å². The quantitative estimate of drug-likeness (QED) is 0.492. The van der Waals surface area contributed by atoms with Crippen molar-refractivity contribution in [1.29, 1.82) is 0 Å². The van der Waals surface area contributed by atoms with E-state index >= 15 is 0 Å². The van der Waals surface area contributed by atoms with Crippen molar-refractivity contribution in [2.75, 3.05) is 6.61 Å². The van der Waals surface area contributed by atoms with Crippen molar-refractivity contribution in [3.05, 3.63) is 60.2 Å². The second kappa shape index (κ2) is 9.73. The smallest absolute Gasteiger partial charge is 0.252 e. The van der Waals surface area contributed by atoms with Crippen molar-refractivity contribution in [2.45, 2.75) is 56.0 Å². The largest absolute Gasteiger partial charge is 0.494 e. The lowest BCUT2D eigenvalue weighted by atomic mass is 9.78. The highest BCUT2D eigenvalue weighted by Crippen LogP contribution is 2.32. The van der Waals surface area contributed by atoms with Gasteiger partial charge in [0.15, 0.2) is 0 Å². The SMILES string of the molecule is CCOc1ccc(Sc2cc(C(=O)N[C@@H]3CCC[C@H](C)[C@@H]3C)c3ccccc3n2)cc1. The van der Waals surface area contributed by atoms with Crippen molar-refractivity contribution < 1.29 is 9.53 Å². The Morgan fingerprint density at radius 3 is 2.68 bits per heavy atom. The number of hydrogen-bond donors (Lipinski definition) is 1. The topological polar surface area (TPSA) is 51.2 Å². The minimum Gasteiger partial charge on any atom is -0.494 e. The predicted octanol–water partition coefficient (Wildman–Crippen LogP) is 6.34. The average Bonchev–Trinajstić information content (AvgIpc) is 2.78. The van der Waals surface area contributed by atoms with E-state index in [2.05, 4.69) is 19.2 Å². The molecule has 0 saturated heterocycles. The van der Waals surface area contributed by atoms with Gasteiger partial charge in [-0.05, 0) is 61.6 Å². The Hall–Kier alpha value is -2.53. The molecule has 5 heteroatoms. The Morgan fingerprint density at radius 1 is 1.13 bits per heavy atom.